The molecule has 3 aromatic rings. The molecule has 1 unspecified atom stereocenters. The van der Waals surface area contributed by atoms with Crippen molar-refractivity contribution in [1.29, 1.82) is 0 Å². The molecule has 0 bridgehead atoms. The first-order valence-electron chi connectivity index (χ1n) is 12.1. The number of imidazole rings is 1. The zero-order chi connectivity index (χ0) is 21.5. The van der Waals surface area contributed by atoms with Crippen molar-refractivity contribution in [3.8, 4) is 11.4 Å². The standard InChI is InChI=1S/C25H30N6O/c32-25(18-10-8-17(9-11-18)24-29-23(30-31-24)16-6-7-16)26-19-12-13-20-21(14-19)28-22(27-20)15-4-2-1-3-5-15/h8-11,15-16,19H,1-7,12-14H2,(H,26,32)(H,27,28)(H,29,30,31). The summed E-state index contributed by atoms with van der Waals surface area (Å²) in [5.74, 6) is 3.96. The van der Waals surface area contributed by atoms with Gasteiger partial charge in [0.2, 0.25) is 0 Å². The van der Waals surface area contributed by atoms with Crippen molar-refractivity contribution in [2.75, 3.05) is 0 Å². The Morgan fingerprint density at radius 1 is 0.906 bits per heavy atom. The average molecular weight is 431 g/mol. The lowest BCUT2D eigenvalue weighted by Gasteiger charge is -2.22. The number of aromatic amines is 2. The number of aryl methyl sites for hydroxylation is 1. The van der Waals surface area contributed by atoms with Crippen molar-refractivity contribution < 1.29 is 4.79 Å². The molecule has 3 aliphatic carbocycles. The highest BCUT2D eigenvalue weighted by Crippen LogP contribution is 2.38. The molecule has 32 heavy (non-hydrogen) atoms. The fourth-order valence-electron chi connectivity index (χ4n) is 5.18. The van der Waals surface area contributed by atoms with E-state index in [2.05, 4.69) is 25.5 Å². The summed E-state index contributed by atoms with van der Waals surface area (Å²) < 4.78 is 0. The van der Waals surface area contributed by atoms with E-state index in [0.717, 1.165) is 30.7 Å². The van der Waals surface area contributed by atoms with Crippen molar-refractivity contribution in [1.82, 2.24) is 30.5 Å². The van der Waals surface area contributed by atoms with E-state index in [0.29, 0.717) is 23.2 Å². The topological polar surface area (TPSA) is 99.4 Å². The van der Waals surface area contributed by atoms with E-state index in [1.165, 1.54) is 62.2 Å². The van der Waals surface area contributed by atoms with Crippen LogP contribution in [0.4, 0.5) is 0 Å². The summed E-state index contributed by atoms with van der Waals surface area (Å²) >= 11 is 0. The molecular weight excluding hydrogens is 400 g/mol. The molecule has 0 spiro atoms. The number of aromatic nitrogens is 5. The van der Waals surface area contributed by atoms with Crippen LogP contribution in [0, 0.1) is 0 Å². The molecule has 1 amide bonds. The Kier molecular flexibility index (Phi) is 5.04. The first kappa shape index (κ1) is 19.7. The van der Waals surface area contributed by atoms with Crippen molar-refractivity contribution in [2.24, 2.45) is 0 Å². The third-order valence-corrected chi connectivity index (χ3v) is 7.26. The summed E-state index contributed by atoms with van der Waals surface area (Å²) in [6, 6.07) is 7.73. The highest BCUT2D eigenvalue weighted by atomic mass is 16.1. The fourth-order valence-corrected chi connectivity index (χ4v) is 5.18. The van der Waals surface area contributed by atoms with Gasteiger partial charge in [-0.05, 0) is 50.7 Å². The van der Waals surface area contributed by atoms with Crippen LogP contribution in [0.1, 0.15) is 96.6 Å². The second kappa shape index (κ2) is 8.19. The van der Waals surface area contributed by atoms with Gasteiger partial charge in [-0.25, -0.2) is 9.97 Å². The van der Waals surface area contributed by atoms with Gasteiger partial charge in [-0.1, -0.05) is 31.4 Å². The van der Waals surface area contributed by atoms with Crippen LogP contribution in [-0.2, 0) is 12.8 Å². The lowest BCUT2D eigenvalue weighted by molar-refractivity contribution is 0.0933. The van der Waals surface area contributed by atoms with Crippen LogP contribution in [0.2, 0.25) is 0 Å². The molecule has 3 aliphatic rings. The minimum atomic E-state index is -0.0225. The Balaban J connectivity index is 1.09. The molecule has 0 aliphatic heterocycles. The Hall–Kier alpha value is -2.96. The first-order chi connectivity index (χ1) is 15.7. The molecule has 2 saturated carbocycles. The van der Waals surface area contributed by atoms with Crippen LogP contribution in [0.3, 0.4) is 0 Å². The first-order valence-corrected chi connectivity index (χ1v) is 12.1. The van der Waals surface area contributed by atoms with Crippen LogP contribution >= 0.6 is 0 Å². The van der Waals surface area contributed by atoms with Crippen LogP contribution < -0.4 is 5.32 Å². The molecule has 166 valence electrons. The quantitative estimate of drug-likeness (QED) is 0.558. The van der Waals surface area contributed by atoms with E-state index in [-0.39, 0.29) is 11.9 Å². The summed E-state index contributed by atoms with van der Waals surface area (Å²) in [7, 11) is 0. The van der Waals surface area contributed by atoms with Gasteiger partial charge in [-0.2, -0.15) is 5.10 Å². The number of H-pyrrole nitrogens is 2. The van der Waals surface area contributed by atoms with E-state index in [4.69, 9.17) is 4.98 Å². The minimum Gasteiger partial charge on any atom is -0.349 e. The van der Waals surface area contributed by atoms with Gasteiger partial charge in [0, 0.05) is 41.1 Å². The molecule has 6 rings (SSSR count). The molecule has 0 saturated heterocycles. The van der Waals surface area contributed by atoms with E-state index in [1.807, 2.05) is 24.3 Å². The number of nitrogens with one attached hydrogen (secondary N) is 3. The number of carbonyl (C=O) groups excluding carboxylic acids is 1. The number of hydrogen-bond donors (Lipinski definition) is 3. The molecule has 7 nitrogen and oxygen atoms in total. The van der Waals surface area contributed by atoms with Crippen LogP contribution in [0.5, 0.6) is 0 Å². The number of amides is 1. The summed E-state index contributed by atoms with van der Waals surface area (Å²) in [4.78, 5) is 26.0. The second-order valence-corrected chi connectivity index (χ2v) is 9.69. The monoisotopic (exact) mass is 430 g/mol. The smallest absolute Gasteiger partial charge is 0.251 e. The third kappa shape index (κ3) is 3.96. The van der Waals surface area contributed by atoms with Gasteiger partial charge in [0.1, 0.15) is 11.6 Å². The summed E-state index contributed by atoms with van der Waals surface area (Å²) in [6.45, 7) is 0. The number of hydrogen-bond acceptors (Lipinski definition) is 4. The van der Waals surface area contributed by atoms with Gasteiger partial charge < -0.3 is 10.3 Å². The van der Waals surface area contributed by atoms with E-state index >= 15 is 0 Å². The maximum absolute atomic E-state index is 12.9. The summed E-state index contributed by atoms with van der Waals surface area (Å²) in [5.41, 5.74) is 4.02. The highest BCUT2D eigenvalue weighted by molar-refractivity contribution is 5.94. The van der Waals surface area contributed by atoms with E-state index in [9.17, 15) is 4.79 Å². The van der Waals surface area contributed by atoms with Crippen LogP contribution in [0.25, 0.3) is 11.4 Å². The molecule has 3 N–H and O–H groups in total. The predicted molar refractivity (Wildman–Crippen MR) is 121 cm³/mol. The molecule has 2 aromatic heterocycles. The predicted octanol–water partition coefficient (Wildman–Crippen LogP) is 4.41. The number of rotatable bonds is 5. The fraction of sp³-hybridized carbons (Fsp3) is 0.520. The Morgan fingerprint density at radius 3 is 2.47 bits per heavy atom. The van der Waals surface area contributed by atoms with Crippen LogP contribution in [-0.4, -0.2) is 37.1 Å². The molecule has 0 radical (unpaired) electrons. The zero-order valence-electron chi connectivity index (χ0n) is 18.4. The molecule has 1 aromatic carbocycles. The maximum Gasteiger partial charge on any atom is 0.251 e. The molecular formula is C25H30N6O. The van der Waals surface area contributed by atoms with Gasteiger partial charge in [0.05, 0.1) is 5.69 Å². The van der Waals surface area contributed by atoms with Crippen LogP contribution in [0.15, 0.2) is 24.3 Å². The third-order valence-electron chi connectivity index (χ3n) is 7.26. The number of nitrogens with zero attached hydrogens (tertiary/aromatic N) is 3. The molecule has 2 heterocycles. The number of carbonyl (C=O) groups is 1. The average Bonchev–Trinajstić information content (AvgIpc) is 3.40. The van der Waals surface area contributed by atoms with Gasteiger partial charge in [-0.15, -0.1) is 0 Å². The molecule has 7 heteroatoms. The molecule has 1 atom stereocenters. The van der Waals surface area contributed by atoms with Gasteiger partial charge in [-0.3, -0.25) is 9.89 Å². The maximum atomic E-state index is 12.9. The summed E-state index contributed by atoms with van der Waals surface area (Å²) in [6.07, 6.45) is 11.6. The van der Waals surface area contributed by atoms with Gasteiger partial charge in [0.15, 0.2) is 5.82 Å². The highest BCUT2D eigenvalue weighted by Gasteiger charge is 2.28. The number of benzene rings is 1. The SMILES string of the molecule is O=C(NC1CCc2nc(C3CCCCC3)[nH]c2C1)c1ccc(-c2n[nH]c(C3CC3)n2)cc1. The van der Waals surface area contributed by atoms with Gasteiger partial charge >= 0.3 is 0 Å². The Morgan fingerprint density at radius 2 is 1.69 bits per heavy atom. The lowest BCUT2D eigenvalue weighted by Crippen LogP contribution is -2.38. The van der Waals surface area contributed by atoms with E-state index in [1.54, 1.807) is 0 Å². The van der Waals surface area contributed by atoms with E-state index < -0.39 is 0 Å². The van der Waals surface area contributed by atoms with Crippen molar-refractivity contribution in [3.63, 3.8) is 0 Å². The van der Waals surface area contributed by atoms with Crippen molar-refractivity contribution in [3.05, 3.63) is 52.9 Å². The largest absolute Gasteiger partial charge is 0.349 e. The molecule has 2 fully saturated rings. The minimum absolute atomic E-state index is 0.0225. The summed E-state index contributed by atoms with van der Waals surface area (Å²) in [5, 5.41) is 10.6. The van der Waals surface area contributed by atoms with Crippen molar-refractivity contribution in [2.45, 2.75) is 82.1 Å². The number of fused-ring (bicyclic) bond motifs is 1. The Labute approximate surface area is 187 Å². The Bertz CT molecular complexity index is 1100. The van der Waals surface area contributed by atoms with Crippen molar-refractivity contribution >= 4 is 5.91 Å². The lowest BCUT2D eigenvalue weighted by atomic mass is 9.89. The normalized spacial score (nSPS) is 21.3. The zero-order valence-corrected chi connectivity index (χ0v) is 18.4. The second-order valence-electron chi connectivity index (χ2n) is 9.69. The van der Waals surface area contributed by atoms with Gasteiger partial charge in [0.25, 0.3) is 5.91 Å².